The highest BCUT2D eigenvalue weighted by molar-refractivity contribution is 7.89. The Balaban J connectivity index is 1.91. The van der Waals surface area contributed by atoms with Crippen molar-refractivity contribution in [3.63, 3.8) is 0 Å². The summed E-state index contributed by atoms with van der Waals surface area (Å²) in [6.45, 7) is 3.04. The Hall–Kier alpha value is -2.49. The lowest BCUT2D eigenvalue weighted by molar-refractivity contribution is -0.384. The Kier molecular flexibility index (Phi) is 5.97. The molecule has 0 saturated carbocycles. The Bertz CT molecular complexity index is 977. The molecule has 0 amide bonds. The van der Waals surface area contributed by atoms with Crippen LogP contribution in [0.3, 0.4) is 0 Å². The monoisotopic (exact) mass is 405 g/mol. The van der Waals surface area contributed by atoms with Crippen molar-refractivity contribution in [1.29, 1.82) is 0 Å². The predicted octanol–water partition coefficient (Wildman–Crippen LogP) is 2.47. The molecular formula is C19H23N3O5S. The van der Waals surface area contributed by atoms with Gasteiger partial charge < -0.3 is 9.64 Å². The van der Waals surface area contributed by atoms with Crippen molar-refractivity contribution in [1.82, 2.24) is 4.72 Å². The average Bonchev–Trinajstić information content (AvgIpc) is 2.66. The third-order valence-corrected chi connectivity index (χ3v) is 6.29. The summed E-state index contributed by atoms with van der Waals surface area (Å²) in [5, 5.41) is 11.7. The van der Waals surface area contributed by atoms with Crippen LogP contribution < -0.4 is 9.62 Å². The van der Waals surface area contributed by atoms with Crippen LogP contribution in [0.5, 0.6) is 0 Å². The summed E-state index contributed by atoms with van der Waals surface area (Å²) in [5.41, 5.74) is 2.55. The Labute approximate surface area is 164 Å². The number of hydrogen-bond acceptors (Lipinski definition) is 6. The molecule has 150 valence electrons. The van der Waals surface area contributed by atoms with Gasteiger partial charge in [0.05, 0.1) is 16.4 Å². The van der Waals surface area contributed by atoms with Crippen LogP contribution in [-0.4, -0.2) is 39.6 Å². The van der Waals surface area contributed by atoms with Crippen molar-refractivity contribution in [3.05, 3.63) is 63.7 Å². The zero-order valence-corrected chi connectivity index (χ0v) is 16.6. The summed E-state index contributed by atoms with van der Waals surface area (Å²) in [7, 11) is -2.41. The van der Waals surface area contributed by atoms with E-state index < -0.39 is 21.0 Å². The molecule has 0 aliphatic carbocycles. The second-order valence-corrected chi connectivity index (χ2v) is 8.54. The fourth-order valence-corrected chi connectivity index (χ4v) is 4.65. The molecule has 0 fully saturated rings. The van der Waals surface area contributed by atoms with Crippen molar-refractivity contribution in [2.24, 2.45) is 0 Å². The number of nitro groups is 1. The number of rotatable bonds is 7. The summed E-state index contributed by atoms with van der Waals surface area (Å²) in [4.78, 5) is 12.9. The Morgan fingerprint density at radius 3 is 2.64 bits per heavy atom. The standard InChI is InChI=1S/C19H23N3O5S/c1-14(13-27-2)20-28(25,26)17-7-8-18(19(11-17)22(23)24)21-10-9-15-5-3-4-6-16(15)12-21/h3-8,11,14,20H,9-10,12-13H2,1-2H3/t14-/m1/s1. The highest BCUT2D eigenvalue weighted by Crippen LogP contribution is 2.34. The maximum atomic E-state index is 12.5. The number of benzene rings is 2. The van der Waals surface area contributed by atoms with Crippen molar-refractivity contribution >= 4 is 21.4 Å². The zero-order chi connectivity index (χ0) is 20.3. The van der Waals surface area contributed by atoms with Crippen molar-refractivity contribution < 1.29 is 18.1 Å². The van der Waals surface area contributed by atoms with E-state index in [0.29, 0.717) is 18.8 Å². The molecule has 3 rings (SSSR count). The second kappa shape index (κ2) is 8.26. The minimum Gasteiger partial charge on any atom is -0.383 e. The van der Waals surface area contributed by atoms with Gasteiger partial charge >= 0.3 is 0 Å². The first-order valence-electron chi connectivity index (χ1n) is 8.93. The van der Waals surface area contributed by atoms with E-state index in [-0.39, 0.29) is 17.2 Å². The third kappa shape index (κ3) is 4.32. The highest BCUT2D eigenvalue weighted by Gasteiger charge is 2.27. The van der Waals surface area contributed by atoms with Crippen LogP contribution in [0.1, 0.15) is 18.1 Å². The molecule has 0 aromatic heterocycles. The fourth-order valence-electron chi connectivity index (χ4n) is 3.40. The normalized spacial score (nSPS) is 15.1. The number of anilines is 1. The van der Waals surface area contributed by atoms with Gasteiger partial charge in [0.1, 0.15) is 5.69 Å². The number of sulfonamides is 1. The minimum absolute atomic E-state index is 0.136. The lowest BCUT2D eigenvalue weighted by Crippen LogP contribution is -2.35. The van der Waals surface area contributed by atoms with E-state index in [4.69, 9.17) is 4.74 Å². The van der Waals surface area contributed by atoms with Crippen LogP contribution in [0.15, 0.2) is 47.4 Å². The van der Waals surface area contributed by atoms with E-state index in [2.05, 4.69) is 10.8 Å². The maximum Gasteiger partial charge on any atom is 0.293 e. The molecule has 1 heterocycles. The molecular weight excluding hydrogens is 382 g/mol. The van der Waals surface area contributed by atoms with E-state index in [9.17, 15) is 18.5 Å². The number of ether oxygens (including phenoxy) is 1. The predicted molar refractivity (Wildman–Crippen MR) is 106 cm³/mol. The van der Waals surface area contributed by atoms with Crippen molar-refractivity contribution in [2.45, 2.75) is 30.8 Å². The number of nitrogens with zero attached hydrogens (tertiary/aromatic N) is 2. The quantitative estimate of drug-likeness (QED) is 0.561. The molecule has 2 aromatic carbocycles. The summed E-state index contributed by atoms with van der Waals surface area (Å²) in [6, 6.07) is 11.6. The Morgan fingerprint density at radius 1 is 1.25 bits per heavy atom. The molecule has 0 bridgehead atoms. The number of nitrogens with one attached hydrogen (secondary N) is 1. The van der Waals surface area contributed by atoms with Crippen LogP contribution in [0.25, 0.3) is 0 Å². The smallest absolute Gasteiger partial charge is 0.293 e. The van der Waals surface area contributed by atoms with E-state index in [1.807, 2.05) is 23.1 Å². The molecule has 1 atom stereocenters. The third-order valence-electron chi connectivity index (χ3n) is 4.70. The van der Waals surface area contributed by atoms with Gasteiger partial charge in [-0.05, 0) is 36.6 Å². The summed E-state index contributed by atoms with van der Waals surface area (Å²) < 4.78 is 32.5. The Morgan fingerprint density at radius 2 is 1.96 bits per heavy atom. The SMILES string of the molecule is COC[C@@H](C)NS(=O)(=O)c1ccc(N2CCc3ccccc3C2)c([N+](=O)[O-])c1. The molecule has 8 nitrogen and oxygen atoms in total. The van der Waals surface area contributed by atoms with Crippen LogP contribution in [0.2, 0.25) is 0 Å². The van der Waals surface area contributed by atoms with Crippen LogP contribution in [0, 0.1) is 10.1 Å². The zero-order valence-electron chi connectivity index (χ0n) is 15.8. The van der Waals surface area contributed by atoms with Gasteiger partial charge in [0.15, 0.2) is 0 Å². The molecule has 0 spiro atoms. The lowest BCUT2D eigenvalue weighted by atomic mass is 9.99. The number of hydrogen-bond donors (Lipinski definition) is 1. The van der Waals surface area contributed by atoms with Gasteiger partial charge in [-0.1, -0.05) is 24.3 Å². The fraction of sp³-hybridized carbons (Fsp3) is 0.368. The lowest BCUT2D eigenvalue weighted by Gasteiger charge is -2.30. The first kappa shape index (κ1) is 20.2. The van der Waals surface area contributed by atoms with Gasteiger partial charge in [-0.2, -0.15) is 0 Å². The summed E-state index contributed by atoms with van der Waals surface area (Å²) in [6.07, 6.45) is 0.781. The van der Waals surface area contributed by atoms with Crippen LogP contribution in [0.4, 0.5) is 11.4 Å². The first-order valence-corrected chi connectivity index (χ1v) is 10.4. The number of nitro benzene ring substituents is 1. The van der Waals surface area contributed by atoms with Crippen molar-refractivity contribution in [2.75, 3.05) is 25.2 Å². The van der Waals surface area contributed by atoms with E-state index in [1.165, 1.54) is 24.8 Å². The van der Waals surface area contributed by atoms with Gasteiger partial charge in [-0.25, -0.2) is 13.1 Å². The summed E-state index contributed by atoms with van der Waals surface area (Å²) in [5.74, 6) is 0. The molecule has 1 N–H and O–H groups in total. The maximum absolute atomic E-state index is 12.5. The molecule has 0 radical (unpaired) electrons. The highest BCUT2D eigenvalue weighted by atomic mass is 32.2. The molecule has 1 aliphatic rings. The van der Waals surface area contributed by atoms with Crippen LogP contribution >= 0.6 is 0 Å². The summed E-state index contributed by atoms with van der Waals surface area (Å²) >= 11 is 0. The molecule has 28 heavy (non-hydrogen) atoms. The topological polar surface area (TPSA) is 102 Å². The van der Waals surface area contributed by atoms with Crippen molar-refractivity contribution in [3.8, 4) is 0 Å². The molecule has 0 unspecified atom stereocenters. The average molecular weight is 405 g/mol. The molecule has 0 saturated heterocycles. The van der Waals surface area contributed by atoms with Gasteiger partial charge in [0.2, 0.25) is 10.0 Å². The molecule has 1 aliphatic heterocycles. The molecule has 2 aromatic rings. The van der Waals surface area contributed by atoms with E-state index >= 15 is 0 Å². The van der Waals surface area contributed by atoms with Gasteiger partial charge in [-0.15, -0.1) is 0 Å². The van der Waals surface area contributed by atoms with E-state index in [1.54, 1.807) is 6.92 Å². The largest absolute Gasteiger partial charge is 0.383 e. The number of methoxy groups -OCH3 is 1. The van der Waals surface area contributed by atoms with E-state index in [0.717, 1.165) is 18.1 Å². The van der Waals surface area contributed by atoms with Gasteiger partial charge in [-0.3, -0.25) is 10.1 Å². The number of fused-ring (bicyclic) bond motifs is 1. The van der Waals surface area contributed by atoms with Gasteiger partial charge in [0, 0.05) is 32.3 Å². The second-order valence-electron chi connectivity index (χ2n) is 6.83. The minimum atomic E-state index is -3.89. The van der Waals surface area contributed by atoms with Gasteiger partial charge in [0.25, 0.3) is 5.69 Å². The molecule has 9 heteroatoms. The first-order chi connectivity index (χ1) is 13.3. The van der Waals surface area contributed by atoms with Crippen LogP contribution in [-0.2, 0) is 27.7 Å².